The summed E-state index contributed by atoms with van der Waals surface area (Å²) in [6.07, 6.45) is 0. The van der Waals surface area contributed by atoms with Gasteiger partial charge in [0.2, 0.25) is 5.91 Å². The molecule has 116 valence electrons. The van der Waals surface area contributed by atoms with Gasteiger partial charge in [-0.25, -0.2) is 0 Å². The zero-order valence-corrected chi connectivity index (χ0v) is 13.9. The molecule has 1 aromatic carbocycles. The number of methoxy groups -OCH3 is 1. The number of nitrogens with zero attached hydrogens (tertiary/aromatic N) is 2. The summed E-state index contributed by atoms with van der Waals surface area (Å²) in [4.78, 5) is 15.8. The minimum absolute atomic E-state index is 0.0833. The van der Waals surface area contributed by atoms with Gasteiger partial charge < -0.3 is 15.4 Å². The van der Waals surface area contributed by atoms with Crippen molar-refractivity contribution in [2.45, 2.75) is 13.5 Å². The maximum absolute atomic E-state index is 11.8. The predicted octanol–water partition coefficient (Wildman–Crippen LogP) is 1.24. The third-order valence-corrected chi connectivity index (χ3v) is 3.46. The van der Waals surface area contributed by atoms with Crippen LogP contribution in [0.5, 0.6) is 5.75 Å². The topological polar surface area (TPSA) is 58.8 Å². The minimum Gasteiger partial charge on any atom is -0.496 e. The monoisotopic (exact) mass is 309 g/mol. The fourth-order valence-electron chi connectivity index (χ4n) is 1.92. The van der Waals surface area contributed by atoms with E-state index in [1.165, 1.54) is 0 Å². The number of carbonyl (C=O) groups excluding carboxylic acids is 1. The first-order valence-corrected chi connectivity index (χ1v) is 7.19. The normalized spacial score (nSPS) is 10.5. The summed E-state index contributed by atoms with van der Waals surface area (Å²) >= 11 is 5.05. The van der Waals surface area contributed by atoms with Crippen molar-refractivity contribution < 1.29 is 9.53 Å². The standard InChI is InChI=1S/C15H23N3O2S/c1-5-18(10-14(19)17(2)3)9-11-6-7-13(20-4)12(8-11)15(16)21/h6-8H,5,9-10H2,1-4H3,(H2,16,21). The number of carbonyl (C=O) groups is 1. The molecule has 5 nitrogen and oxygen atoms in total. The van der Waals surface area contributed by atoms with Gasteiger partial charge in [-0.3, -0.25) is 9.69 Å². The van der Waals surface area contributed by atoms with Crippen LogP contribution in [-0.4, -0.2) is 55.0 Å². The fraction of sp³-hybridized carbons (Fsp3) is 0.467. The summed E-state index contributed by atoms with van der Waals surface area (Å²) in [7, 11) is 5.11. The highest BCUT2D eigenvalue weighted by atomic mass is 32.1. The number of ether oxygens (including phenoxy) is 1. The van der Waals surface area contributed by atoms with E-state index >= 15 is 0 Å². The smallest absolute Gasteiger partial charge is 0.236 e. The molecule has 0 aliphatic heterocycles. The number of hydrogen-bond acceptors (Lipinski definition) is 4. The van der Waals surface area contributed by atoms with E-state index in [9.17, 15) is 4.79 Å². The number of thiocarbonyl (C=S) groups is 1. The summed E-state index contributed by atoms with van der Waals surface area (Å²) in [6.45, 7) is 3.86. The van der Waals surface area contributed by atoms with E-state index in [1.54, 1.807) is 26.1 Å². The molecular formula is C15H23N3O2S. The molecule has 1 rings (SSSR count). The number of likely N-dealkylation sites (N-methyl/N-ethyl adjacent to an activating group) is 2. The van der Waals surface area contributed by atoms with Crippen LogP contribution in [0, 0.1) is 0 Å². The van der Waals surface area contributed by atoms with Gasteiger partial charge in [-0.15, -0.1) is 0 Å². The van der Waals surface area contributed by atoms with Gasteiger partial charge in [0, 0.05) is 20.6 Å². The van der Waals surface area contributed by atoms with Gasteiger partial charge in [-0.2, -0.15) is 0 Å². The molecule has 0 atom stereocenters. The average Bonchev–Trinajstić information content (AvgIpc) is 2.45. The van der Waals surface area contributed by atoms with Crippen LogP contribution in [0.15, 0.2) is 18.2 Å². The van der Waals surface area contributed by atoms with E-state index in [4.69, 9.17) is 22.7 Å². The average molecular weight is 309 g/mol. The summed E-state index contributed by atoms with van der Waals surface area (Å²) in [5, 5.41) is 0. The lowest BCUT2D eigenvalue weighted by molar-refractivity contribution is -0.130. The first kappa shape index (κ1) is 17.4. The van der Waals surface area contributed by atoms with Gasteiger partial charge in [0.25, 0.3) is 0 Å². The third-order valence-electron chi connectivity index (χ3n) is 3.24. The lowest BCUT2D eigenvalue weighted by Gasteiger charge is -2.22. The first-order chi connectivity index (χ1) is 9.88. The quantitative estimate of drug-likeness (QED) is 0.768. The Labute approximate surface area is 131 Å². The van der Waals surface area contributed by atoms with Crippen molar-refractivity contribution in [2.24, 2.45) is 5.73 Å². The summed E-state index contributed by atoms with van der Waals surface area (Å²) in [5.41, 5.74) is 7.49. The van der Waals surface area contributed by atoms with Crippen molar-refractivity contribution in [1.29, 1.82) is 0 Å². The zero-order valence-electron chi connectivity index (χ0n) is 13.0. The van der Waals surface area contributed by atoms with E-state index in [2.05, 4.69) is 4.90 Å². The van der Waals surface area contributed by atoms with E-state index in [0.717, 1.165) is 17.7 Å². The molecule has 0 radical (unpaired) electrons. The van der Waals surface area contributed by atoms with Crippen LogP contribution in [0.1, 0.15) is 18.1 Å². The first-order valence-electron chi connectivity index (χ1n) is 6.78. The lowest BCUT2D eigenvalue weighted by Crippen LogP contribution is -2.36. The predicted molar refractivity (Wildman–Crippen MR) is 88.5 cm³/mol. The molecular weight excluding hydrogens is 286 g/mol. The van der Waals surface area contributed by atoms with Gasteiger partial charge in [0.1, 0.15) is 10.7 Å². The molecule has 0 heterocycles. The number of hydrogen-bond donors (Lipinski definition) is 1. The van der Waals surface area contributed by atoms with Crippen LogP contribution >= 0.6 is 12.2 Å². The van der Waals surface area contributed by atoms with Crippen LogP contribution in [0.4, 0.5) is 0 Å². The molecule has 0 aliphatic carbocycles. The maximum atomic E-state index is 11.8. The van der Waals surface area contributed by atoms with Crippen molar-refractivity contribution in [3.05, 3.63) is 29.3 Å². The second-order valence-corrected chi connectivity index (χ2v) is 5.43. The molecule has 0 saturated heterocycles. The number of nitrogens with two attached hydrogens (primary N) is 1. The van der Waals surface area contributed by atoms with Gasteiger partial charge in [0.15, 0.2) is 0 Å². The largest absolute Gasteiger partial charge is 0.496 e. The Morgan fingerprint density at radius 1 is 1.38 bits per heavy atom. The Morgan fingerprint density at radius 2 is 2.05 bits per heavy atom. The number of rotatable bonds is 7. The summed E-state index contributed by atoms with van der Waals surface area (Å²) in [6, 6.07) is 5.73. The minimum atomic E-state index is 0.0833. The van der Waals surface area contributed by atoms with Gasteiger partial charge in [0.05, 0.1) is 19.2 Å². The lowest BCUT2D eigenvalue weighted by atomic mass is 10.1. The van der Waals surface area contributed by atoms with E-state index in [0.29, 0.717) is 23.8 Å². The second kappa shape index (κ2) is 7.95. The molecule has 21 heavy (non-hydrogen) atoms. The second-order valence-electron chi connectivity index (χ2n) is 4.99. The number of amides is 1. The summed E-state index contributed by atoms with van der Waals surface area (Å²) in [5.74, 6) is 0.749. The molecule has 0 aromatic heterocycles. The van der Waals surface area contributed by atoms with Gasteiger partial charge >= 0.3 is 0 Å². The van der Waals surface area contributed by atoms with Crippen molar-refractivity contribution in [2.75, 3.05) is 34.3 Å². The van der Waals surface area contributed by atoms with E-state index < -0.39 is 0 Å². The molecule has 6 heteroatoms. The Kier molecular flexibility index (Phi) is 6.58. The van der Waals surface area contributed by atoms with Gasteiger partial charge in [-0.05, 0) is 24.2 Å². The highest BCUT2D eigenvalue weighted by molar-refractivity contribution is 7.80. The summed E-state index contributed by atoms with van der Waals surface area (Å²) < 4.78 is 5.25. The SMILES string of the molecule is CCN(CC(=O)N(C)C)Cc1ccc(OC)c(C(N)=S)c1. The van der Waals surface area contributed by atoms with Crippen LogP contribution in [0.25, 0.3) is 0 Å². The van der Waals surface area contributed by atoms with Crippen LogP contribution in [0.3, 0.4) is 0 Å². The molecule has 0 unspecified atom stereocenters. The van der Waals surface area contributed by atoms with Gasteiger partial charge in [-0.1, -0.05) is 25.2 Å². The highest BCUT2D eigenvalue weighted by Crippen LogP contribution is 2.20. The Bertz CT molecular complexity index is 518. The maximum Gasteiger partial charge on any atom is 0.236 e. The molecule has 0 bridgehead atoms. The fourth-order valence-corrected chi connectivity index (χ4v) is 2.08. The highest BCUT2D eigenvalue weighted by Gasteiger charge is 2.13. The molecule has 0 spiro atoms. The molecule has 1 amide bonds. The molecule has 0 saturated carbocycles. The van der Waals surface area contributed by atoms with E-state index in [1.807, 2.05) is 25.1 Å². The Hall–Kier alpha value is -1.66. The molecule has 0 aliphatic rings. The Balaban J connectivity index is 2.88. The van der Waals surface area contributed by atoms with Crippen LogP contribution < -0.4 is 10.5 Å². The van der Waals surface area contributed by atoms with E-state index in [-0.39, 0.29) is 5.91 Å². The van der Waals surface area contributed by atoms with Crippen molar-refractivity contribution in [1.82, 2.24) is 9.80 Å². The zero-order chi connectivity index (χ0) is 16.0. The van der Waals surface area contributed by atoms with Crippen LogP contribution in [0.2, 0.25) is 0 Å². The van der Waals surface area contributed by atoms with Crippen molar-refractivity contribution in [3.8, 4) is 5.75 Å². The molecule has 2 N–H and O–H groups in total. The van der Waals surface area contributed by atoms with Crippen molar-refractivity contribution in [3.63, 3.8) is 0 Å². The van der Waals surface area contributed by atoms with Crippen molar-refractivity contribution >= 4 is 23.1 Å². The number of benzene rings is 1. The molecule has 1 aromatic rings. The third kappa shape index (κ3) is 4.99. The molecule has 0 fully saturated rings. The van der Waals surface area contributed by atoms with Crippen LogP contribution in [-0.2, 0) is 11.3 Å². The Morgan fingerprint density at radius 3 is 2.52 bits per heavy atom.